The van der Waals surface area contributed by atoms with Gasteiger partial charge >= 0.3 is 0 Å². The van der Waals surface area contributed by atoms with Crippen molar-refractivity contribution in [2.75, 3.05) is 12.3 Å². The molecular formula is C17H19F2N3OS. The second-order valence-corrected chi connectivity index (χ2v) is 7.31. The maximum absolute atomic E-state index is 14.0. The first-order valence-electron chi connectivity index (χ1n) is 7.89. The number of carbonyl (C=O) groups excluding carboxylic acids is 1. The fraction of sp³-hybridized carbons (Fsp3) is 0.412. The van der Waals surface area contributed by atoms with Gasteiger partial charge in [-0.15, -0.1) is 0 Å². The predicted octanol–water partition coefficient (Wildman–Crippen LogP) is 3.39. The molecule has 1 saturated heterocycles. The van der Waals surface area contributed by atoms with Gasteiger partial charge in [0.1, 0.15) is 11.5 Å². The number of hydrogen-bond donors (Lipinski definition) is 1. The van der Waals surface area contributed by atoms with E-state index >= 15 is 0 Å². The second kappa shape index (κ2) is 6.93. The van der Waals surface area contributed by atoms with Gasteiger partial charge < -0.3 is 5.32 Å². The summed E-state index contributed by atoms with van der Waals surface area (Å²) in [6.07, 6.45) is 2.30. The summed E-state index contributed by atoms with van der Waals surface area (Å²) in [7, 11) is 0. The Morgan fingerprint density at radius 1 is 1.42 bits per heavy atom. The summed E-state index contributed by atoms with van der Waals surface area (Å²) in [4.78, 5) is 12.5. The van der Waals surface area contributed by atoms with Gasteiger partial charge in [0.05, 0.1) is 17.0 Å². The Labute approximate surface area is 143 Å². The Kier molecular flexibility index (Phi) is 4.89. The predicted molar refractivity (Wildman–Crippen MR) is 90.8 cm³/mol. The molecule has 1 aliphatic heterocycles. The molecule has 1 fully saturated rings. The molecule has 3 rings (SSSR count). The van der Waals surface area contributed by atoms with E-state index in [-0.39, 0.29) is 11.6 Å². The molecule has 2 aromatic rings. The van der Waals surface area contributed by atoms with E-state index in [0.29, 0.717) is 28.7 Å². The normalized spacial score (nSPS) is 17.2. The van der Waals surface area contributed by atoms with Gasteiger partial charge in [-0.3, -0.25) is 4.79 Å². The number of halogens is 2. The first-order valence-corrected chi connectivity index (χ1v) is 8.93. The standard InChI is InChI=1S/C17H19F2N3OS/c1-10-16(17(23)20-9-13-4-3-7-24-13)11(2)22(21-10)15-6-5-12(18)8-14(15)19/h5-6,8,13H,3-4,7,9H2,1-2H3,(H,20,23). The minimum absolute atomic E-state index is 0.127. The smallest absolute Gasteiger partial charge is 0.255 e. The summed E-state index contributed by atoms with van der Waals surface area (Å²) >= 11 is 1.87. The summed E-state index contributed by atoms with van der Waals surface area (Å²) < 4.78 is 28.4. The van der Waals surface area contributed by atoms with Gasteiger partial charge in [0.25, 0.3) is 5.91 Å². The maximum atomic E-state index is 14.0. The maximum Gasteiger partial charge on any atom is 0.255 e. The van der Waals surface area contributed by atoms with E-state index in [1.54, 1.807) is 13.8 Å². The van der Waals surface area contributed by atoms with Gasteiger partial charge in [-0.25, -0.2) is 13.5 Å². The number of hydrogen-bond acceptors (Lipinski definition) is 3. The van der Waals surface area contributed by atoms with Crippen LogP contribution in [0.2, 0.25) is 0 Å². The molecule has 128 valence electrons. The molecule has 1 N–H and O–H groups in total. The van der Waals surface area contributed by atoms with Crippen molar-refractivity contribution in [2.24, 2.45) is 0 Å². The number of nitrogens with one attached hydrogen (secondary N) is 1. The zero-order chi connectivity index (χ0) is 17.3. The molecule has 1 aromatic carbocycles. The summed E-state index contributed by atoms with van der Waals surface area (Å²) in [5.41, 5.74) is 1.63. The lowest BCUT2D eigenvalue weighted by atomic mass is 10.1. The summed E-state index contributed by atoms with van der Waals surface area (Å²) in [6, 6.07) is 3.30. The lowest BCUT2D eigenvalue weighted by Gasteiger charge is -2.10. The van der Waals surface area contributed by atoms with E-state index in [2.05, 4.69) is 10.4 Å². The molecule has 24 heavy (non-hydrogen) atoms. The number of amides is 1. The Morgan fingerprint density at radius 2 is 2.21 bits per heavy atom. The van der Waals surface area contributed by atoms with E-state index < -0.39 is 11.6 Å². The van der Waals surface area contributed by atoms with Gasteiger partial charge in [0.2, 0.25) is 0 Å². The lowest BCUT2D eigenvalue weighted by Crippen LogP contribution is -2.30. The molecule has 2 heterocycles. The Hall–Kier alpha value is -1.89. The molecule has 7 heteroatoms. The van der Waals surface area contributed by atoms with Crippen molar-refractivity contribution in [3.8, 4) is 5.69 Å². The van der Waals surface area contributed by atoms with Crippen molar-refractivity contribution >= 4 is 17.7 Å². The van der Waals surface area contributed by atoms with Crippen LogP contribution < -0.4 is 5.32 Å². The Balaban J connectivity index is 1.84. The second-order valence-electron chi connectivity index (χ2n) is 5.90. The van der Waals surface area contributed by atoms with Crippen LogP contribution in [0.5, 0.6) is 0 Å². The van der Waals surface area contributed by atoms with Crippen LogP contribution in [0, 0.1) is 25.5 Å². The van der Waals surface area contributed by atoms with Crippen LogP contribution >= 0.6 is 11.8 Å². The first kappa shape index (κ1) is 17.0. The minimum Gasteiger partial charge on any atom is -0.351 e. The number of aromatic nitrogens is 2. The fourth-order valence-electron chi connectivity index (χ4n) is 2.96. The molecule has 1 amide bonds. The van der Waals surface area contributed by atoms with Crippen molar-refractivity contribution in [1.82, 2.24) is 15.1 Å². The molecule has 0 radical (unpaired) electrons. The zero-order valence-corrected chi connectivity index (χ0v) is 14.4. The zero-order valence-electron chi connectivity index (χ0n) is 13.6. The summed E-state index contributed by atoms with van der Waals surface area (Å²) in [5.74, 6) is -0.425. The third kappa shape index (κ3) is 3.31. The summed E-state index contributed by atoms with van der Waals surface area (Å²) in [6.45, 7) is 4.05. The van der Waals surface area contributed by atoms with Gasteiger partial charge in [-0.1, -0.05) is 0 Å². The average Bonchev–Trinajstić information content (AvgIpc) is 3.13. The van der Waals surface area contributed by atoms with Crippen LogP contribution in [0.1, 0.15) is 34.6 Å². The third-order valence-corrected chi connectivity index (χ3v) is 5.57. The van der Waals surface area contributed by atoms with E-state index in [9.17, 15) is 13.6 Å². The molecular weight excluding hydrogens is 332 g/mol. The van der Waals surface area contributed by atoms with E-state index in [1.165, 1.54) is 23.2 Å². The van der Waals surface area contributed by atoms with Gasteiger partial charge in [0.15, 0.2) is 5.82 Å². The molecule has 0 spiro atoms. The van der Waals surface area contributed by atoms with Crippen molar-refractivity contribution in [3.05, 3.63) is 46.8 Å². The monoisotopic (exact) mass is 351 g/mol. The Bertz CT molecular complexity index is 769. The highest BCUT2D eigenvalue weighted by molar-refractivity contribution is 8.00. The Morgan fingerprint density at radius 3 is 2.88 bits per heavy atom. The number of carbonyl (C=O) groups is 1. The number of aryl methyl sites for hydroxylation is 1. The molecule has 0 bridgehead atoms. The summed E-state index contributed by atoms with van der Waals surface area (Å²) in [5, 5.41) is 7.66. The van der Waals surface area contributed by atoms with Crippen LogP contribution in [0.3, 0.4) is 0 Å². The van der Waals surface area contributed by atoms with Crippen molar-refractivity contribution in [2.45, 2.75) is 31.9 Å². The van der Waals surface area contributed by atoms with Crippen LogP contribution in [0.15, 0.2) is 18.2 Å². The number of thioether (sulfide) groups is 1. The van der Waals surface area contributed by atoms with Gasteiger partial charge in [-0.2, -0.15) is 16.9 Å². The van der Waals surface area contributed by atoms with Crippen LogP contribution in [-0.4, -0.2) is 33.2 Å². The van der Waals surface area contributed by atoms with E-state index in [4.69, 9.17) is 0 Å². The lowest BCUT2D eigenvalue weighted by molar-refractivity contribution is 0.0952. The number of benzene rings is 1. The first-order chi connectivity index (χ1) is 11.5. The molecule has 0 saturated carbocycles. The largest absolute Gasteiger partial charge is 0.351 e. The van der Waals surface area contributed by atoms with Crippen molar-refractivity contribution in [1.29, 1.82) is 0 Å². The van der Waals surface area contributed by atoms with Crippen LogP contribution in [-0.2, 0) is 0 Å². The highest BCUT2D eigenvalue weighted by Crippen LogP contribution is 2.26. The van der Waals surface area contributed by atoms with Gasteiger partial charge in [0, 0.05) is 17.9 Å². The molecule has 1 atom stereocenters. The number of rotatable bonds is 4. The van der Waals surface area contributed by atoms with Crippen molar-refractivity contribution < 1.29 is 13.6 Å². The fourth-order valence-corrected chi connectivity index (χ4v) is 4.16. The molecule has 1 unspecified atom stereocenters. The highest BCUT2D eigenvalue weighted by Gasteiger charge is 2.22. The van der Waals surface area contributed by atoms with Gasteiger partial charge in [-0.05, 0) is 44.6 Å². The van der Waals surface area contributed by atoms with Crippen molar-refractivity contribution in [3.63, 3.8) is 0 Å². The topological polar surface area (TPSA) is 46.9 Å². The number of nitrogens with zero attached hydrogens (tertiary/aromatic N) is 2. The SMILES string of the molecule is Cc1nn(-c2ccc(F)cc2F)c(C)c1C(=O)NCC1CCCS1. The third-order valence-electron chi connectivity index (χ3n) is 4.17. The molecule has 4 nitrogen and oxygen atoms in total. The molecule has 1 aromatic heterocycles. The molecule has 0 aliphatic carbocycles. The highest BCUT2D eigenvalue weighted by atomic mass is 32.2. The average molecular weight is 351 g/mol. The quantitative estimate of drug-likeness (QED) is 0.918. The van der Waals surface area contributed by atoms with Crippen LogP contribution in [0.25, 0.3) is 5.69 Å². The molecule has 1 aliphatic rings. The van der Waals surface area contributed by atoms with E-state index in [0.717, 1.165) is 18.2 Å². The van der Waals surface area contributed by atoms with Crippen LogP contribution in [0.4, 0.5) is 8.78 Å². The minimum atomic E-state index is -0.713. The van der Waals surface area contributed by atoms with E-state index in [1.807, 2.05) is 11.8 Å².